The van der Waals surface area contributed by atoms with Gasteiger partial charge in [0.2, 0.25) is 0 Å². The van der Waals surface area contributed by atoms with Crippen molar-refractivity contribution >= 4 is 16.8 Å². The molecule has 1 saturated heterocycles. The van der Waals surface area contributed by atoms with Gasteiger partial charge in [-0.05, 0) is 49.6 Å². The number of carbonyl (C=O) groups is 1. The van der Waals surface area contributed by atoms with Gasteiger partial charge in [0.05, 0.1) is 30.0 Å². The van der Waals surface area contributed by atoms with Gasteiger partial charge >= 0.3 is 0 Å². The van der Waals surface area contributed by atoms with E-state index in [4.69, 9.17) is 0 Å². The average Bonchev–Trinajstić information content (AvgIpc) is 3.06. The molecule has 0 aliphatic carbocycles. The lowest BCUT2D eigenvalue weighted by Gasteiger charge is -2.28. The lowest BCUT2D eigenvalue weighted by Crippen LogP contribution is -2.46. The van der Waals surface area contributed by atoms with Crippen molar-refractivity contribution in [2.45, 2.75) is 44.9 Å². The summed E-state index contributed by atoms with van der Waals surface area (Å²) in [7, 11) is 0. The Morgan fingerprint density at radius 3 is 2.93 bits per heavy atom. The van der Waals surface area contributed by atoms with Gasteiger partial charge in [0.1, 0.15) is 0 Å². The maximum atomic E-state index is 12.6. The van der Waals surface area contributed by atoms with Crippen LogP contribution in [-0.2, 0) is 11.3 Å². The highest BCUT2D eigenvalue weighted by molar-refractivity contribution is 5.85. The number of rotatable bonds is 5. The number of hydrogen-bond acceptors (Lipinski definition) is 4. The van der Waals surface area contributed by atoms with Crippen LogP contribution >= 0.6 is 0 Å². The zero-order valence-electron chi connectivity index (χ0n) is 15.6. The van der Waals surface area contributed by atoms with Gasteiger partial charge in [-0.3, -0.25) is 4.79 Å². The molecule has 2 heterocycles. The second-order valence-electron chi connectivity index (χ2n) is 7.46. The maximum absolute atomic E-state index is 12.6. The second-order valence-corrected chi connectivity index (χ2v) is 7.46. The van der Waals surface area contributed by atoms with E-state index in [1.165, 1.54) is 5.56 Å². The molecule has 0 saturated carbocycles. The van der Waals surface area contributed by atoms with Crippen LogP contribution in [0.25, 0.3) is 22.2 Å². The Bertz CT molecular complexity index is 963. The van der Waals surface area contributed by atoms with Crippen molar-refractivity contribution in [3.63, 3.8) is 0 Å². The smallest absolute Gasteiger partial charge is 0.154 e. The third-order valence-corrected chi connectivity index (χ3v) is 5.31. The first-order valence-electron chi connectivity index (χ1n) is 9.55. The van der Waals surface area contributed by atoms with Crippen molar-refractivity contribution in [2.75, 3.05) is 6.54 Å². The van der Waals surface area contributed by atoms with Crippen LogP contribution in [0.3, 0.4) is 0 Å². The number of Topliss-reactive ketones (excluding diaryl/α,β-unsaturated/α-hetero) is 1. The molecule has 3 aromatic rings. The summed E-state index contributed by atoms with van der Waals surface area (Å²) in [5.74, 6) is 0.105. The van der Waals surface area contributed by atoms with E-state index >= 15 is 0 Å². The molecule has 2 aromatic carbocycles. The molecule has 0 amide bonds. The minimum atomic E-state index is -0.435. The van der Waals surface area contributed by atoms with Gasteiger partial charge in [-0.15, -0.1) is 0 Å². The average molecular weight is 363 g/mol. The molecule has 140 valence electrons. The molecule has 0 bridgehead atoms. The summed E-state index contributed by atoms with van der Waals surface area (Å²) in [6, 6.07) is 14.4. The fraction of sp³-hybridized carbons (Fsp3) is 0.364. The van der Waals surface area contributed by atoms with Gasteiger partial charge in [0.25, 0.3) is 0 Å². The third kappa shape index (κ3) is 3.94. The zero-order valence-corrected chi connectivity index (χ0v) is 15.6. The zero-order chi connectivity index (χ0) is 18.8. The molecule has 5 heteroatoms. The van der Waals surface area contributed by atoms with Gasteiger partial charge in [-0.25, -0.2) is 4.98 Å². The van der Waals surface area contributed by atoms with E-state index in [1.807, 2.05) is 10.6 Å². The molecule has 1 aliphatic heterocycles. The Morgan fingerprint density at radius 1 is 1.26 bits per heavy atom. The summed E-state index contributed by atoms with van der Waals surface area (Å²) in [6.07, 6.45) is 3.36. The molecule has 2 unspecified atom stereocenters. The number of nitrogens with zero attached hydrogens (tertiary/aromatic N) is 2. The summed E-state index contributed by atoms with van der Waals surface area (Å²) >= 11 is 0. The topological polar surface area (TPSA) is 67.2 Å². The predicted octanol–water partition coefficient (Wildman–Crippen LogP) is 3.08. The highest BCUT2D eigenvalue weighted by Crippen LogP contribution is 2.25. The van der Waals surface area contributed by atoms with E-state index in [0.29, 0.717) is 6.42 Å². The predicted molar refractivity (Wildman–Crippen MR) is 107 cm³/mol. The summed E-state index contributed by atoms with van der Waals surface area (Å²) in [4.78, 5) is 17.0. The first kappa shape index (κ1) is 17.9. The van der Waals surface area contributed by atoms with E-state index in [0.717, 1.165) is 41.5 Å². The lowest BCUT2D eigenvalue weighted by molar-refractivity contribution is -0.121. The number of carbonyl (C=O) groups excluding carboxylic acids is 1. The maximum Gasteiger partial charge on any atom is 0.154 e. The van der Waals surface area contributed by atoms with Gasteiger partial charge in [0, 0.05) is 12.5 Å². The quantitative estimate of drug-likeness (QED) is 0.731. The monoisotopic (exact) mass is 363 g/mol. The molecular formula is C22H25N3O2. The number of ketones is 1. The SMILES string of the molecule is Cc1cccc(-c2ccc3ncn(CC(=O)CC4NCCCC4O)c3c2)c1. The Labute approximate surface area is 159 Å². The van der Waals surface area contributed by atoms with Crippen LogP contribution in [0.2, 0.25) is 0 Å². The molecule has 27 heavy (non-hydrogen) atoms. The van der Waals surface area contributed by atoms with Crippen molar-refractivity contribution in [1.82, 2.24) is 14.9 Å². The number of aliphatic hydroxyl groups excluding tert-OH is 1. The number of aryl methyl sites for hydroxylation is 1. The number of aromatic nitrogens is 2. The van der Waals surface area contributed by atoms with Gasteiger partial charge < -0.3 is 15.0 Å². The minimum Gasteiger partial charge on any atom is -0.391 e. The molecule has 0 spiro atoms. The van der Waals surface area contributed by atoms with Crippen LogP contribution in [-0.4, -0.2) is 39.1 Å². The molecule has 4 rings (SSSR count). The molecule has 1 aromatic heterocycles. The number of piperidine rings is 1. The van der Waals surface area contributed by atoms with Gasteiger partial charge in [0.15, 0.2) is 5.78 Å². The highest BCUT2D eigenvalue weighted by Gasteiger charge is 2.25. The molecule has 2 atom stereocenters. The van der Waals surface area contributed by atoms with Crippen LogP contribution in [0.5, 0.6) is 0 Å². The van der Waals surface area contributed by atoms with Crippen molar-refractivity contribution in [3.05, 3.63) is 54.4 Å². The van der Waals surface area contributed by atoms with E-state index < -0.39 is 6.10 Å². The number of fused-ring (bicyclic) bond motifs is 1. The Hall–Kier alpha value is -2.50. The van der Waals surface area contributed by atoms with Crippen molar-refractivity contribution in [3.8, 4) is 11.1 Å². The van der Waals surface area contributed by atoms with Crippen LogP contribution in [0.1, 0.15) is 24.8 Å². The Balaban J connectivity index is 1.55. The van der Waals surface area contributed by atoms with Crippen molar-refractivity contribution in [2.24, 2.45) is 0 Å². The van der Waals surface area contributed by atoms with E-state index in [-0.39, 0.29) is 18.4 Å². The van der Waals surface area contributed by atoms with Gasteiger partial charge in [-0.1, -0.05) is 35.9 Å². The standard InChI is InChI=1S/C22H25N3O2/c1-15-4-2-5-16(10-15)17-7-8-19-21(11-17)25(14-24-19)13-18(26)12-20-22(27)6-3-9-23-20/h2,4-5,7-8,10-11,14,20,22-23,27H,3,6,9,12-13H2,1H3. The number of aliphatic hydroxyl groups is 1. The summed E-state index contributed by atoms with van der Waals surface area (Å²) < 4.78 is 1.91. The molecule has 0 radical (unpaired) electrons. The van der Waals surface area contributed by atoms with Crippen molar-refractivity contribution in [1.29, 1.82) is 0 Å². The fourth-order valence-electron chi connectivity index (χ4n) is 3.83. The fourth-order valence-corrected chi connectivity index (χ4v) is 3.83. The first-order chi connectivity index (χ1) is 13.1. The molecule has 5 nitrogen and oxygen atoms in total. The third-order valence-electron chi connectivity index (χ3n) is 5.31. The minimum absolute atomic E-state index is 0.105. The van der Waals surface area contributed by atoms with E-state index in [2.05, 4.69) is 53.6 Å². The number of hydrogen-bond donors (Lipinski definition) is 2. The van der Waals surface area contributed by atoms with Gasteiger partial charge in [-0.2, -0.15) is 0 Å². The van der Waals surface area contributed by atoms with Crippen LogP contribution in [0, 0.1) is 6.92 Å². The largest absolute Gasteiger partial charge is 0.391 e. The first-order valence-corrected chi connectivity index (χ1v) is 9.55. The second kappa shape index (κ2) is 7.62. The molecule has 2 N–H and O–H groups in total. The number of imidazole rings is 1. The molecule has 1 fully saturated rings. The van der Waals surface area contributed by atoms with E-state index in [1.54, 1.807) is 6.33 Å². The Morgan fingerprint density at radius 2 is 2.11 bits per heavy atom. The lowest BCUT2D eigenvalue weighted by atomic mass is 9.97. The number of nitrogens with one attached hydrogen (secondary N) is 1. The summed E-state index contributed by atoms with van der Waals surface area (Å²) in [5.41, 5.74) is 5.33. The number of benzene rings is 2. The van der Waals surface area contributed by atoms with Crippen LogP contribution < -0.4 is 5.32 Å². The highest BCUT2D eigenvalue weighted by atomic mass is 16.3. The van der Waals surface area contributed by atoms with Crippen LogP contribution in [0.15, 0.2) is 48.8 Å². The van der Waals surface area contributed by atoms with Crippen molar-refractivity contribution < 1.29 is 9.90 Å². The molecule has 1 aliphatic rings. The molecular weight excluding hydrogens is 338 g/mol. The summed E-state index contributed by atoms with van der Waals surface area (Å²) in [5, 5.41) is 13.3. The van der Waals surface area contributed by atoms with E-state index in [9.17, 15) is 9.90 Å². The summed E-state index contributed by atoms with van der Waals surface area (Å²) in [6.45, 7) is 3.22. The van der Waals surface area contributed by atoms with Crippen LogP contribution in [0.4, 0.5) is 0 Å². The Kier molecular flexibility index (Phi) is 5.05. The normalized spacial score (nSPS) is 20.1.